The van der Waals surface area contributed by atoms with Crippen molar-refractivity contribution in [2.75, 3.05) is 5.32 Å². The number of rotatable bonds is 5. The molecular formula is C23H21N3O. The summed E-state index contributed by atoms with van der Waals surface area (Å²) in [7, 11) is 0. The molecule has 1 N–H and O–H groups in total. The molecule has 0 amide bonds. The second kappa shape index (κ2) is 7.46. The van der Waals surface area contributed by atoms with E-state index in [2.05, 4.69) is 59.7 Å². The fraction of sp³-hybridized carbons (Fsp3) is 0.130. The molecule has 4 aromatic rings. The summed E-state index contributed by atoms with van der Waals surface area (Å²) in [5.74, 6) is 1.06. The number of nitrogens with zero attached hydrogens (tertiary/aromatic N) is 2. The van der Waals surface area contributed by atoms with E-state index >= 15 is 0 Å². The summed E-state index contributed by atoms with van der Waals surface area (Å²) in [5, 5.41) is 12.1. The normalized spacial score (nSPS) is 11.9. The van der Waals surface area contributed by atoms with Crippen molar-refractivity contribution >= 4 is 5.69 Å². The van der Waals surface area contributed by atoms with Crippen molar-refractivity contribution in [1.82, 2.24) is 10.2 Å². The Bertz CT molecular complexity index is 1030. The van der Waals surface area contributed by atoms with Crippen molar-refractivity contribution in [3.05, 3.63) is 101 Å². The highest BCUT2D eigenvalue weighted by atomic mass is 16.4. The second-order valence-electron chi connectivity index (χ2n) is 6.60. The molecule has 1 heterocycles. The molecule has 4 nitrogen and oxygen atoms in total. The van der Waals surface area contributed by atoms with Crippen LogP contribution >= 0.6 is 0 Å². The minimum absolute atomic E-state index is 0.224. The van der Waals surface area contributed by atoms with Crippen LogP contribution in [0.15, 0.2) is 83.3 Å². The molecule has 134 valence electrons. The molecule has 1 atom stereocenters. The molecule has 0 aliphatic heterocycles. The van der Waals surface area contributed by atoms with Crippen LogP contribution in [-0.2, 0) is 0 Å². The Balaban J connectivity index is 1.70. The number of benzene rings is 3. The first-order chi connectivity index (χ1) is 13.2. The van der Waals surface area contributed by atoms with Crippen molar-refractivity contribution < 1.29 is 4.42 Å². The van der Waals surface area contributed by atoms with Gasteiger partial charge in [-0.25, -0.2) is 0 Å². The maximum Gasteiger partial charge on any atom is 0.247 e. The zero-order valence-electron chi connectivity index (χ0n) is 15.4. The van der Waals surface area contributed by atoms with Gasteiger partial charge < -0.3 is 9.73 Å². The van der Waals surface area contributed by atoms with Crippen molar-refractivity contribution in [2.24, 2.45) is 0 Å². The number of anilines is 1. The van der Waals surface area contributed by atoms with Crippen LogP contribution in [-0.4, -0.2) is 10.2 Å². The minimum Gasteiger partial charge on any atom is -0.418 e. The van der Waals surface area contributed by atoms with Gasteiger partial charge in [0.1, 0.15) is 6.04 Å². The summed E-state index contributed by atoms with van der Waals surface area (Å²) >= 11 is 0. The highest BCUT2D eigenvalue weighted by molar-refractivity contribution is 5.53. The molecule has 1 unspecified atom stereocenters. The summed E-state index contributed by atoms with van der Waals surface area (Å²) in [6.45, 7) is 4.22. The van der Waals surface area contributed by atoms with E-state index in [0.717, 1.165) is 16.8 Å². The SMILES string of the molecule is Cc1ccc(NC(c2ccccc2)c2nnc(-c3ccccc3)o2)cc1C. The monoisotopic (exact) mass is 355 g/mol. The summed E-state index contributed by atoms with van der Waals surface area (Å²) in [5.41, 5.74) is 5.50. The van der Waals surface area contributed by atoms with Gasteiger partial charge in [0, 0.05) is 11.3 Å². The lowest BCUT2D eigenvalue weighted by Gasteiger charge is -2.18. The lowest BCUT2D eigenvalue weighted by Crippen LogP contribution is -2.13. The van der Waals surface area contributed by atoms with E-state index in [-0.39, 0.29) is 6.04 Å². The Labute approximate surface area is 158 Å². The average Bonchev–Trinajstić information content (AvgIpc) is 3.20. The van der Waals surface area contributed by atoms with Gasteiger partial charge in [-0.3, -0.25) is 0 Å². The Morgan fingerprint density at radius 1 is 0.778 bits per heavy atom. The van der Waals surface area contributed by atoms with Crippen molar-refractivity contribution in [2.45, 2.75) is 19.9 Å². The van der Waals surface area contributed by atoms with Gasteiger partial charge in [-0.2, -0.15) is 0 Å². The largest absolute Gasteiger partial charge is 0.418 e. The van der Waals surface area contributed by atoms with Crippen LogP contribution in [0.5, 0.6) is 0 Å². The Kier molecular flexibility index (Phi) is 4.71. The predicted molar refractivity (Wildman–Crippen MR) is 108 cm³/mol. The first-order valence-electron chi connectivity index (χ1n) is 8.98. The van der Waals surface area contributed by atoms with E-state index < -0.39 is 0 Å². The zero-order valence-corrected chi connectivity index (χ0v) is 15.4. The van der Waals surface area contributed by atoms with E-state index in [0.29, 0.717) is 11.8 Å². The van der Waals surface area contributed by atoms with Gasteiger partial charge >= 0.3 is 0 Å². The molecule has 4 heteroatoms. The third-order valence-corrected chi connectivity index (χ3v) is 4.66. The first kappa shape index (κ1) is 17.0. The van der Waals surface area contributed by atoms with Crippen LogP contribution in [0.25, 0.3) is 11.5 Å². The molecule has 0 aliphatic rings. The van der Waals surface area contributed by atoms with Crippen molar-refractivity contribution in [3.63, 3.8) is 0 Å². The van der Waals surface area contributed by atoms with Gasteiger partial charge in [0.2, 0.25) is 11.8 Å². The molecule has 0 bridgehead atoms. The summed E-state index contributed by atoms with van der Waals surface area (Å²) < 4.78 is 6.03. The van der Waals surface area contributed by atoms with Gasteiger partial charge in [0.05, 0.1) is 0 Å². The third kappa shape index (κ3) is 3.75. The van der Waals surface area contributed by atoms with Gasteiger partial charge in [0.25, 0.3) is 0 Å². The highest BCUT2D eigenvalue weighted by Gasteiger charge is 2.21. The molecule has 0 radical (unpaired) electrons. The van der Waals surface area contributed by atoms with Gasteiger partial charge in [0.15, 0.2) is 0 Å². The summed E-state index contributed by atoms with van der Waals surface area (Å²) in [6.07, 6.45) is 0. The van der Waals surface area contributed by atoms with Crippen LogP contribution in [0.3, 0.4) is 0 Å². The Morgan fingerprint density at radius 2 is 1.48 bits per heavy atom. The topological polar surface area (TPSA) is 51.0 Å². The number of aromatic nitrogens is 2. The molecule has 0 fully saturated rings. The maximum atomic E-state index is 6.03. The molecule has 3 aromatic carbocycles. The standard InChI is InChI=1S/C23H21N3O/c1-16-13-14-20(15-17(16)2)24-21(18-9-5-3-6-10-18)23-26-25-22(27-23)19-11-7-4-8-12-19/h3-15,21,24H,1-2H3. The summed E-state index contributed by atoms with van der Waals surface area (Å²) in [6, 6.07) is 26.1. The predicted octanol–water partition coefficient (Wildman–Crippen LogP) is 5.55. The zero-order chi connectivity index (χ0) is 18.6. The maximum absolute atomic E-state index is 6.03. The Morgan fingerprint density at radius 3 is 2.19 bits per heavy atom. The van der Waals surface area contributed by atoms with E-state index in [1.165, 1.54) is 11.1 Å². The van der Waals surface area contributed by atoms with Crippen LogP contribution in [0, 0.1) is 13.8 Å². The number of nitrogens with one attached hydrogen (secondary N) is 1. The Hall–Kier alpha value is -3.40. The van der Waals surface area contributed by atoms with Crippen LogP contribution in [0.2, 0.25) is 0 Å². The third-order valence-electron chi connectivity index (χ3n) is 4.66. The quantitative estimate of drug-likeness (QED) is 0.509. The highest BCUT2D eigenvalue weighted by Crippen LogP contribution is 2.29. The van der Waals surface area contributed by atoms with Gasteiger partial charge in [-0.15, -0.1) is 10.2 Å². The van der Waals surface area contributed by atoms with Gasteiger partial charge in [-0.05, 0) is 54.8 Å². The van der Waals surface area contributed by atoms with Crippen LogP contribution < -0.4 is 5.32 Å². The van der Waals surface area contributed by atoms with Crippen LogP contribution in [0.4, 0.5) is 5.69 Å². The van der Waals surface area contributed by atoms with E-state index in [4.69, 9.17) is 4.42 Å². The lowest BCUT2D eigenvalue weighted by molar-refractivity contribution is 0.494. The molecule has 4 rings (SSSR count). The molecule has 0 aliphatic carbocycles. The molecule has 27 heavy (non-hydrogen) atoms. The first-order valence-corrected chi connectivity index (χ1v) is 8.98. The molecule has 0 saturated carbocycles. The second-order valence-corrected chi connectivity index (χ2v) is 6.60. The van der Waals surface area contributed by atoms with Crippen molar-refractivity contribution in [1.29, 1.82) is 0 Å². The average molecular weight is 355 g/mol. The van der Waals surface area contributed by atoms with Crippen molar-refractivity contribution in [3.8, 4) is 11.5 Å². The molecular weight excluding hydrogens is 334 g/mol. The van der Waals surface area contributed by atoms with E-state index in [1.807, 2.05) is 48.5 Å². The summed E-state index contributed by atoms with van der Waals surface area (Å²) in [4.78, 5) is 0. The molecule has 1 aromatic heterocycles. The van der Waals surface area contributed by atoms with E-state index in [1.54, 1.807) is 0 Å². The number of hydrogen-bond acceptors (Lipinski definition) is 4. The minimum atomic E-state index is -0.224. The number of aryl methyl sites for hydroxylation is 2. The fourth-order valence-corrected chi connectivity index (χ4v) is 2.98. The molecule has 0 saturated heterocycles. The lowest BCUT2D eigenvalue weighted by atomic mass is 10.1. The van der Waals surface area contributed by atoms with Crippen LogP contribution in [0.1, 0.15) is 28.6 Å². The van der Waals surface area contributed by atoms with Gasteiger partial charge in [-0.1, -0.05) is 54.6 Å². The number of hydrogen-bond donors (Lipinski definition) is 1. The van der Waals surface area contributed by atoms with E-state index in [9.17, 15) is 0 Å². The smallest absolute Gasteiger partial charge is 0.247 e. The molecule has 0 spiro atoms. The fourth-order valence-electron chi connectivity index (χ4n) is 2.98.